The maximum absolute atomic E-state index is 9.44. The number of rotatable bonds is 5. The fourth-order valence-electron chi connectivity index (χ4n) is 1.85. The predicted octanol–water partition coefficient (Wildman–Crippen LogP) is 0.441. The van der Waals surface area contributed by atoms with Crippen molar-refractivity contribution in [2.75, 3.05) is 26.7 Å². The number of hydrogen-bond acceptors (Lipinski definition) is 3. The van der Waals surface area contributed by atoms with E-state index in [-0.39, 0.29) is 6.10 Å². The maximum atomic E-state index is 9.44. The molecular weight excluding hydrogens is 164 g/mol. The van der Waals surface area contributed by atoms with Crippen molar-refractivity contribution in [3.05, 3.63) is 0 Å². The van der Waals surface area contributed by atoms with Crippen LogP contribution in [0, 0.1) is 0 Å². The molecule has 0 aromatic rings. The molecule has 0 aliphatic carbocycles. The molecular formula is C10H22N2O. The quantitative estimate of drug-likeness (QED) is 0.654. The number of aliphatic hydroxyl groups is 1. The minimum atomic E-state index is -0.161. The Kier molecular flexibility index (Phi) is 4.70. The molecule has 0 aromatic carbocycles. The van der Waals surface area contributed by atoms with Crippen LogP contribution in [-0.4, -0.2) is 48.8 Å². The lowest BCUT2D eigenvalue weighted by atomic mass is 10.2. The van der Waals surface area contributed by atoms with E-state index in [0.717, 1.165) is 26.1 Å². The van der Waals surface area contributed by atoms with Crippen molar-refractivity contribution in [1.29, 1.82) is 0 Å². The van der Waals surface area contributed by atoms with Gasteiger partial charge in [0.15, 0.2) is 0 Å². The summed E-state index contributed by atoms with van der Waals surface area (Å²) in [6.45, 7) is 5.05. The van der Waals surface area contributed by atoms with Gasteiger partial charge < -0.3 is 15.3 Å². The number of likely N-dealkylation sites (N-methyl/N-ethyl adjacent to an activating group) is 1. The molecule has 78 valence electrons. The lowest BCUT2D eigenvalue weighted by Crippen LogP contribution is -2.38. The molecule has 1 aliphatic heterocycles. The van der Waals surface area contributed by atoms with Crippen LogP contribution in [0.1, 0.15) is 26.2 Å². The summed E-state index contributed by atoms with van der Waals surface area (Å²) in [5.74, 6) is 0. The first kappa shape index (κ1) is 11.0. The summed E-state index contributed by atoms with van der Waals surface area (Å²) >= 11 is 0. The van der Waals surface area contributed by atoms with Crippen molar-refractivity contribution in [3.8, 4) is 0 Å². The summed E-state index contributed by atoms with van der Waals surface area (Å²) < 4.78 is 0. The van der Waals surface area contributed by atoms with E-state index in [0.29, 0.717) is 6.04 Å². The Bertz CT molecular complexity index is 135. The van der Waals surface area contributed by atoms with Gasteiger partial charge in [-0.05, 0) is 32.9 Å². The van der Waals surface area contributed by atoms with E-state index in [1.54, 1.807) is 0 Å². The van der Waals surface area contributed by atoms with Gasteiger partial charge in [0, 0.05) is 19.1 Å². The largest absolute Gasteiger partial charge is 0.392 e. The second kappa shape index (κ2) is 5.58. The number of nitrogens with one attached hydrogen (secondary N) is 1. The van der Waals surface area contributed by atoms with E-state index < -0.39 is 0 Å². The van der Waals surface area contributed by atoms with Gasteiger partial charge in [0.05, 0.1) is 6.10 Å². The molecule has 2 N–H and O–H groups in total. The Hall–Kier alpha value is -0.120. The minimum Gasteiger partial charge on any atom is -0.392 e. The van der Waals surface area contributed by atoms with E-state index in [4.69, 9.17) is 0 Å². The molecule has 2 unspecified atom stereocenters. The van der Waals surface area contributed by atoms with Crippen LogP contribution < -0.4 is 5.32 Å². The van der Waals surface area contributed by atoms with E-state index in [9.17, 15) is 5.11 Å². The maximum Gasteiger partial charge on any atom is 0.0664 e. The molecule has 1 heterocycles. The van der Waals surface area contributed by atoms with Crippen molar-refractivity contribution in [3.63, 3.8) is 0 Å². The van der Waals surface area contributed by atoms with Crippen LogP contribution in [-0.2, 0) is 0 Å². The molecule has 3 nitrogen and oxygen atoms in total. The summed E-state index contributed by atoms with van der Waals surface area (Å²) in [7, 11) is 2.08. The first-order valence-corrected chi connectivity index (χ1v) is 5.32. The zero-order valence-corrected chi connectivity index (χ0v) is 8.79. The Morgan fingerprint density at radius 2 is 2.38 bits per heavy atom. The molecule has 1 rings (SSSR count). The molecule has 0 radical (unpaired) electrons. The van der Waals surface area contributed by atoms with Gasteiger partial charge in [-0.25, -0.2) is 0 Å². The third-order valence-electron chi connectivity index (χ3n) is 2.69. The summed E-state index contributed by atoms with van der Waals surface area (Å²) in [5.41, 5.74) is 0. The fraction of sp³-hybridized carbons (Fsp3) is 1.00. The van der Waals surface area contributed by atoms with Gasteiger partial charge in [-0.15, -0.1) is 0 Å². The van der Waals surface area contributed by atoms with E-state index in [1.807, 2.05) is 6.92 Å². The average Bonchev–Trinajstić information content (AvgIpc) is 2.56. The van der Waals surface area contributed by atoms with Crippen molar-refractivity contribution >= 4 is 0 Å². The highest BCUT2D eigenvalue weighted by molar-refractivity contribution is 4.77. The topological polar surface area (TPSA) is 35.5 Å². The Labute approximate surface area is 81.1 Å². The van der Waals surface area contributed by atoms with Crippen LogP contribution in [0.25, 0.3) is 0 Å². The third-order valence-corrected chi connectivity index (χ3v) is 2.69. The Morgan fingerprint density at radius 1 is 1.62 bits per heavy atom. The summed E-state index contributed by atoms with van der Waals surface area (Å²) in [4.78, 5) is 2.22. The van der Waals surface area contributed by atoms with Crippen molar-refractivity contribution in [1.82, 2.24) is 10.2 Å². The average molecular weight is 186 g/mol. The van der Waals surface area contributed by atoms with Gasteiger partial charge >= 0.3 is 0 Å². The molecule has 0 spiro atoms. The van der Waals surface area contributed by atoms with E-state index in [2.05, 4.69) is 17.3 Å². The van der Waals surface area contributed by atoms with Gasteiger partial charge in [-0.1, -0.05) is 6.92 Å². The van der Waals surface area contributed by atoms with Crippen LogP contribution in [0.2, 0.25) is 0 Å². The van der Waals surface area contributed by atoms with E-state index >= 15 is 0 Å². The molecule has 0 saturated carbocycles. The summed E-state index contributed by atoms with van der Waals surface area (Å²) in [5, 5.41) is 12.9. The highest BCUT2D eigenvalue weighted by Crippen LogP contribution is 2.06. The summed E-state index contributed by atoms with van der Waals surface area (Å²) in [6, 6.07) is 0.647. The lowest BCUT2D eigenvalue weighted by Gasteiger charge is -2.23. The highest BCUT2D eigenvalue weighted by Gasteiger charge is 2.16. The Morgan fingerprint density at radius 3 is 2.92 bits per heavy atom. The lowest BCUT2D eigenvalue weighted by molar-refractivity contribution is 0.118. The van der Waals surface area contributed by atoms with Gasteiger partial charge in [0.1, 0.15) is 0 Å². The van der Waals surface area contributed by atoms with Crippen LogP contribution >= 0.6 is 0 Å². The van der Waals surface area contributed by atoms with Gasteiger partial charge in [0.2, 0.25) is 0 Å². The van der Waals surface area contributed by atoms with Gasteiger partial charge in [0.25, 0.3) is 0 Å². The van der Waals surface area contributed by atoms with E-state index in [1.165, 1.54) is 12.8 Å². The minimum absolute atomic E-state index is 0.161. The number of nitrogens with zero attached hydrogens (tertiary/aromatic N) is 1. The molecule has 1 aliphatic rings. The smallest absolute Gasteiger partial charge is 0.0664 e. The standard InChI is InChI=1S/C10H22N2O/c1-3-10(13)8-12(2)7-9-5-4-6-11-9/h9-11,13H,3-8H2,1-2H3. The zero-order valence-electron chi connectivity index (χ0n) is 8.79. The highest BCUT2D eigenvalue weighted by atomic mass is 16.3. The van der Waals surface area contributed by atoms with Crippen molar-refractivity contribution in [2.24, 2.45) is 0 Å². The molecule has 0 bridgehead atoms. The molecule has 1 saturated heterocycles. The third kappa shape index (κ3) is 4.07. The molecule has 2 atom stereocenters. The molecule has 0 aromatic heterocycles. The normalized spacial score (nSPS) is 25.4. The second-order valence-corrected chi connectivity index (χ2v) is 4.08. The number of hydrogen-bond donors (Lipinski definition) is 2. The molecule has 13 heavy (non-hydrogen) atoms. The van der Waals surface area contributed by atoms with Crippen LogP contribution in [0.3, 0.4) is 0 Å². The SMILES string of the molecule is CCC(O)CN(C)CC1CCCN1. The zero-order chi connectivity index (χ0) is 9.68. The fourth-order valence-corrected chi connectivity index (χ4v) is 1.85. The summed E-state index contributed by atoms with van der Waals surface area (Å²) in [6.07, 6.45) is 3.27. The Balaban J connectivity index is 2.12. The molecule has 1 fully saturated rings. The predicted molar refractivity (Wildman–Crippen MR) is 54.8 cm³/mol. The first-order valence-electron chi connectivity index (χ1n) is 5.32. The number of aliphatic hydroxyl groups excluding tert-OH is 1. The van der Waals surface area contributed by atoms with Crippen molar-refractivity contribution in [2.45, 2.75) is 38.3 Å². The van der Waals surface area contributed by atoms with Crippen LogP contribution in [0.5, 0.6) is 0 Å². The molecule has 3 heteroatoms. The first-order chi connectivity index (χ1) is 6.22. The monoisotopic (exact) mass is 186 g/mol. The molecule has 0 amide bonds. The van der Waals surface area contributed by atoms with Crippen molar-refractivity contribution < 1.29 is 5.11 Å². The second-order valence-electron chi connectivity index (χ2n) is 4.08. The van der Waals surface area contributed by atoms with Crippen LogP contribution in [0.15, 0.2) is 0 Å². The van der Waals surface area contributed by atoms with Crippen LogP contribution in [0.4, 0.5) is 0 Å². The van der Waals surface area contributed by atoms with Gasteiger partial charge in [-0.3, -0.25) is 0 Å². The van der Waals surface area contributed by atoms with Gasteiger partial charge in [-0.2, -0.15) is 0 Å².